The summed E-state index contributed by atoms with van der Waals surface area (Å²) >= 11 is 0. The van der Waals surface area contributed by atoms with Gasteiger partial charge in [-0.2, -0.15) is 17.7 Å². The van der Waals surface area contributed by atoms with Crippen LogP contribution in [0.15, 0.2) is 53.3 Å². The number of ether oxygens (including phenoxy) is 1. The van der Waals surface area contributed by atoms with Crippen LogP contribution in [0.3, 0.4) is 0 Å². The van der Waals surface area contributed by atoms with Crippen LogP contribution in [0.2, 0.25) is 0 Å². The number of halogens is 3. The molecule has 0 bridgehead atoms. The molecule has 10 heteroatoms. The Bertz CT molecular complexity index is 1530. The van der Waals surface area contributed by atoms with Gasteiger partial charge in [0.2, 0.25) is 0 Å². The maximum Gasteiger partial charge on any atom is 0.433 e. The van der Waals surface area contributed by atoms with E-state index in [-0.39, 0.29) is 28.3 Å². The first-order valence-corrected chi connectivity index (χ1v) is 9.60. The predicted molar refractivity (Wildman–Crippen MR) is 113 cm³/mol. The molecule has 0 amide bonds. The minimum atomic E-state index is -4.71. The minimum Gasteiger partial charge on any atom is -0.497 e. The van der Waals surface area contributed by atoms with E-state index in [2.05, 4.69) is 20.1 Å². The number of imidazole rings is 1. The monoisotopic (exact) mass is 439 g/mol. The third-order valence-corrected chi connectivity index (χ3v) is 5.23. The lowest BCUT2D eigenvalue weighted by atomic mass is 10.1. The number of rotatable bonds is 3. The summed E-state index contributed by atoms with van der Waals surface area (Å²) in [5.74, 6) is 0.809. The van der Waals surface area contributed by atoms with Crippen LogP contribution < -0.4 is 10.3 Å². The average molecular weight is 439 g/mol. The van der Waals surface area contributed by atoms with Crippen LogP contribution in [0, 0.1) is 6.92 Å². The molecule has 0 aliphatic heterocycles. The molecule has 32 heavy (non-hydrogen) atoms. The number of nitrogens with one attached hydrogen (secondary N) is 2. The number of aromatic amines is 2. The highest BCUT2D eigenvalue weighted by Gasteiger charge is 2.38. The third-order valence-electron chi connectivity index (χ3n) is 5.23. The summed E-state index contributed by atoms with van der Waals surface area (Å²) in [4.78, 5) is 25.1. The van der Waals surface area contributed by atoms with E-state index in [1.54, 1.807) is 55.5 Å². The Morgan fingerprint density at radius 1 is 1.03 bits per heavy atom. The molecule has 0 atom stereocenters. The van der Waals surface area contributed by atoms with Gasteiger partial charge in [-0.1, -0.05) is 30.3 Å². The number of nitrogens with zero attached hydrogens (tertiary/aromatic N) is 3. The Morgan fingerprint density at radius 2 is 1.78 bits per heavy atom. The SMILES string of the molecule is COc1ccc2nc(-c3c(C)nc4c(-c5ccccc5)c(C(F)(F)F)[nH]n4c3=O)[nH]c2c1. The molecule has 0 fully saturated rings. The van der Waals surface area contributed by atoms with Crippen LogP contribution in [-0.2, 0) is 6.18 Å². The zero-order chi connectivity index (χ0) is 22.6. The van der Waals surface area contributed by atoms with Gasteiger partial charge < -0.3 is 9.72 Å². The fraction of sp³-hybridized carbons (Fsp3) is 0.136. The van der Waals surface area contributed by atoms with Crippen molar-refractivity contribution in [1.29, 1.82) is 0 Å². The van der Waals surface area contributed by atoms with Gasteiger partial charge in [-0.15, -0.1) is 0 Å². The molecule has 5 rings (SSSR count). The second-order valence-corrected chi connectivity index (χ2v) is 7.23. The number of alkyl halides is 3. The smallest absolute Gasteiger partial charge is 0.433 e. The van der Waals surface area contributed by atoms with Gasteiger partial charge in [0.15, 0.2) is 5.65 Å². The minimum absolute atomic E-state index is 0.0762. The topological polar surface area (TPSA) is 88.1 Å². The van der Waals surface area contributed by atoms with E-state index in [4.69, 9.17) is 4.74 Å². The van der Waals surface area contributed by atoms with Gasteiger partial charge in [0.05, 0.1) is 29.4 Å². The summed E-state index contributed by atoms with van der Waals surface area (Å²) < 4.78 is 47.5. The average Bonchev–Trinajstić information content (AvgIpc) is 3.35. The maximum atomic E-state index is 13.8. The lowest BCUT2D eigenvalue weighted by molar-refractivity contribution is -0.140. The van der Waals surface area contributed by atoms with E-state index in [1.165, 1.54) is 7.11 Å². The molecule has 0 aliphatic carbocycles. The second-order valence-electron chi connectivity index (χ2n) is 7.23. The Morgan fingerprint density at radius 3 is 2.47 bits per heavy atom. The van der Waals surface area contributed by atoms with Gasteiger partial charge in [0.1, 0.15) is 22.8 Å². The molecule has 0 unspecified atom stereocenters. The number of H-pyrrole nitrogens is 2. The lowest BCUT2D eigenvalue weighted by Crippen LogP contribution is -2.20. The number of aryl methyl sites for hydroxylation is 1. The van der Waals surface area contributed by atoms with Crippen molar-refractivity contribution in [1.82, 2.24) is 24.6 Å². The molecular weight excluding hydrogens is 423 g/mol. The van der Waals surface area contributed by atoms with Crippen molar-refractivity contribution in [2.75, 3.05) is 7.11 Å². The van der Waals surface area contributed by atoms with Crippen LogP contribution >= 0.6 is 0 Å². The highest BCUT2D eigenvalue weighted by atomic mass is 19.4. The first-order valence-electron chi connectivity index (χ1n) is 9.60. The van der Waals surface area contributed by atoms with E-state index in [9.17, 15) is 18.0 Å². The summed E-state index contributed by atoms with van der Waals surface area (Å²) in [7, 11) is 1.53. The molecule has 0 saturated carbocycles. The van der Waals surface area contributed by atoms with Gasteiger partial charge in [0, 0.05) is 6.07 Å². The third kappa shape index (κ3) is 3.03. The van der Waals surface area contributed by atoms with Crippen molar-refractivity contribution in [2.45, 2.75) is 13.1 Å². The molecule has 3 heterocycles. The number of benzene rings is 2. The normalized spacial score (nSPS) is 12.0. The van der Waals surface area contributed by atoms with E-state index < -0.39 is 17.4 Å². The van der Waals surface area contributed by atoms with Crippen LogP contribution in [0.1, 0.15) is 11.4 Å². The van der Waals surface area contributed by atoms with Gasteiger partial charge in [-0.25, -0.2) is 9.97 Å². The largest absolute Gasteiger partial charge is 0.497 e. The summed E-state index contributed by atoms with van der Waals surface area (Å²) in [6.07, 6.45) is -4.71. The highest BCUT2D eigenvalue weighted by Crippen LogP contribution is 2.38. The van der Waals surface area contributed by atoms with Crippen LogP contribution in [0.4, 0.5) is 13.2 Å². The summed E-state index contributed by atoms with van der Waals surface area (Å²) in [6.45, 7) is 1.57. The standard InChI is InChI=1S/C22H16F3N5O2/c1-11-16(19-27-14-9-8-13(32-2)10-15(14)28-19)21(31)30-20(26-11)17(12-6-4-3-5-7-12)18(29-30)22(23,24)25/h3-10,29H,1-2H3,(H,27,28). The molecule has 5 aromatic rings. The Kier molecular flexibility index (Phi) is 4.33. The van der Waals surface area contributed by atoms with Gasteiger partial charge in [0.25, 0.3) is 5.56 Å². The summed E-state index contributed by atoms with van der Waals surface area (Å²) in [5.41, 5.74) is -0.184. The van der Waals surface area contributed by atoms with Crippen molar-refractivity contribution in [3.8, 4) is 28.3 Å². The van der Waals surface area contributed by atoms with Crippen LogP contribution in [0.25, 0.3) is 39.2 Å². The number of aromatic nitrogens is 5. The van der Waals surface area contributed by atoms with Crippen molar-refractivity contribution < 1.29 is 17.9 Å². The molecule has 0 radical (unpaired) electrons. The second kappa shape index (κ2) is 6.98. The Labute approximate surface area is 178 Å². The molecular formula is C22H16F3N5O2. The van der Waals surface area contributed by atoms with E-state index >= 15 is 0 Å². The first kappa shape index (κ1) is 19.9. The molecule has 0 aliphatic rings. The Hall–Kier alpha value is -4.08. The van der Waals surface area contributed by atoms with Crippen LogP contribution in [-0.4, -0.2) is 31.7 Å². The quantitative estimate of drug-likeness (QED) is 0.431. The molecule has 7 nitrogen and oxygen atoms in total. The van der Waals surface area contributed by atoms with E-state index in [0.29, 0.717) is 22.3 Å². The molecule has 0 spiro atoms. The number of methoxy groups -OCH3 is 1. The number of hydrogen-bond donors (Lipinski definition) is 2. The van der Waals surface area contributed by atoms with E-state index in [0.717, 1.165) is 4.52 Å². The predicted octanol–water partition coefficient (Wildman–Crippen LogP) is 4.57. The van der Waals surface area contributed by atoms with Gasteiger partial charge >= 0.3 is 6.18 Å². The Balaban J connectivity index is 1.80. The molecule has 0 saturated heterocycles. The van der Waals surface area contributed by atoms with Gasteiger partial charge in [-0.05, 0) is 24.6 Å². The molecule has 2 N–H and O–H groups in total. The molecule has 162 valence electrons. The molecule has 3 aromatic heterocycles. The zero-order valence-corrected chi connectivity index (χ0v) is 16.9. The summed E-state index contributed by atoms with van der Waals surface area (Å²) in [5, 5.41) is 2.22. The van der Waals surface area contributed by atoms with Gasteiger partial charge in [-0.3, -0.25) is 9.89 Å². The molecule has 2 aromatic carbocycles. The van der Waals surface area contributed by atoms with Crippen molar-refractivity contribution >= 4 is 16.7 Å². The van der Waals surface area contributed by atoms with Crippen LogP contribution in [0.5, 0.6) is 5.75 Å². The number of fused-ring (bicyclic) bond motifs is 2. The lowest BCUT2D eigenvalue weighted by Gasteiger charge is -2.07. The van der Waals surface area contributed by atoms with E-state index in [1.807, 2.05) is 0 Å². The number of hydrogen-bond acceptors (Lipinski definition) is 4. The fourth-order valence-corrected chi connectivity index (χ4v) is 3.77. The zero-order valence-electron chi connectivity index (χ0n) is 16.9. The van der Waals surface area contributed by atoms with Crippen molar-refractivity contribution in [2.24, 2.45) is 0 Å². The van der Waals surface area contributed by atoms with Crippen molar-refractivity contribution in [3.63, 3.8) is 0 Å². The maximum absolute atomic E-state index is 13.8. The highest BCUT2D eigenvalue weighted by molar-refractivity contribution is 5.83. The fourth-order valence-electron chi connectivity index (χ4n) is 3.77. The first-order chi connectivity index (χ1) is 15.3. The summed E-state index contributed by atoms with van der Waals surface area (Å²) in [6, 6.07) is 13.2. The van der Waals surface area contributed by atoms with Crippen molar-refractivity contribution in [3.05, 3.63) is 70.3 Å².